The molecule has 3 saturated carbocycles. The van der Waals surface area contributed by atoms with Crippen LogP contribution < -0.4 is 0 Å². The highest BCUT2D eigenvalue weighted by molar-refractivity contribution is 5.71. The summed E-state index contributed by atoms with van der Waals surface area (Å²) < 4.78 is 12.2. The van der Waals surface area contributed by atoms with Crippen molar-refractivity contribution in [2.24, 2.45) is 40.4 Å². The average Bonchev–Trinajstić information content (AvgIpc) is 3.37. The molecule has 5 aliphatic rings. The summed E-state index contributed by atoms with van der Waals surface area (Å²) in [5, 5.41) is 9.11. The Morgan fingerprint density at radius 3 is 2.55 bits per heavy atom. The van der Waals surface area contributed by atoms with Crippen molar-refractivity contribution in [3.05, 3.63) is 0 Å². The van der Waals surface area contributed by atoms with Crippen molar-refractivity contribution in [3.63, 3.8) is 0 Å². The van der Waals surface area contributed by atoms with Gasteiger partial charge in [-0.05, 0) is 67.6 Å². The van der Waals surface area contributed by atoms with Crippen molar-refractivity contribution < 1.29 is 24.2 Å². The number of fused-ring (bicyclic) bond motifs is 7. The summed E-state index contributed by atoms with van der Waals surface area (Å²) in [6, 6.07) is 0. The van der Waals surface area contributed by atoms with Gasteiger partial charge in [-0.3, -0.25) is 9.59 Å². The van der Waals surface area contributed by atoms with Gasteiger partial charge in [-0.15, -0.1) is 0 Å². The molecule has 2 heterocycles. The first-order chi connectivity index (χ1) is 13.7. The molecule has 0 bridgehead atoms. The van der Waals surface area contributed by atoms with Gasteiger partial charge in [-0.25, -0.2) is 0 Å². The first-order valence-corrected chi connectivity index (χ1v) is 11.8. The highest BCUT2D eigenvalue weighted by atomic mass is 16.6. The van der Waals surface area contributed by atoms with Crippen molar-refractivity contribution >= 4 is 11.9 Å². The number of carbonyl (C=O) groups excluding carboxylic acids is 1. The van der Waals surface area contributed by atoms with E-state index in [1.54, 1.807) is 0 Å². The molecule has 2 aliphatic heterocycles. The van der Waals surface area contributed by atoms with Crippen molar-refractivity contribution in [1.82, 2.24) is 0 Å². The summed E-state index contributed by atoms with van der Waals surface area (Å²) in [5.41, 5.74) is 0.297. The molecule has 0 aromatic carbocycles. The molecule has 0 spiro atoms. The highest BCUT2D eigenvalue weighted by Gasteiger charge is 2.65. The van der Waals surface area contributed by atoms with Crippen LogP contribution in [0.1, 0.15) is 78.6 Å². The van der Waals surface area contributed by atoms with Crippen LogP contribution >= 0.6 is 0 Å². The van der Waals surface area contributed by atoms with Gasteiger partial charge in [0, 0.05) is 24.2 Å². The lowest BCUT2D eigenvalue weighted by Gasteiger charge is -2.54. The molecule has 2 saturated heterocycles. The number of aliphatic carboxylic acids is 1. The van der Waals surface area contributed by atoms with E-state index in [1.165, 1.54) is 6.42 Å². The lowest BCUT2D eigenvalue weighted by atomic mass is 9.51. The zero-order valence-electron chi connectivity index (χ0n) is 18.1. The average molecular weight is 405 g/mol. The smallest absolute Gasteiger partial charge is 0.306 e. The maximum absolute atomic E-state index is 12.8. The van der Waals surface area contributed by atoms with E-state index in [0.29, 0.717) is 42.1 Å². The van der Waals surface area contributed by atoms with Gasteiger partial charge in [-0.2, -0.15) is 0 Å². The second-order valence-corrected chi connectivity index (χ2v) is 11.3. The Morgan fingerprint density at radius 1 is 1.07 bits per heavy atom. The van der Waals surface area contributed by atoms with Crippen molar-refractivity contribution in [2.75, 3.05) is 0 Å². The molecule has 5 nitrogen and oxygen atoms in total. The van der Waals surface area contributed by atoms with Gasteiger partial charge in [0.05, 0.1) is 18.6 Å². The molecule has 3 aliphatic carbocycles. The molecule has 0 aromatic rings. The van der Waals surface area contributed by atoms with Crippen LogP contribution in [0.4, 0.5) is 0 Å². The first kappa shape index (κ1) is 19.8. The highest BCUT2D eigenvalue weighted by Crippen LogP contribution is 2.66. The van der Waals surface area contributed by atoms with E-state index in [-0.39, 0.29) is 35.4 Å². The number of hydrogen-bond donors (Lipinski definition) is 1. The van der Waals surface area contributed by atoms with Crippen molar-refractivity contribution in [2.45, 2.75) is 96.9 Å². The second kappa shape index (κ2) is 6.70. The quantitative estimate of drug-likeness (QED) is 0.554. The third kappa shape index (κ3) is 2.97. The number of carbonyl (C=O) groups is 2. The molecule has 5 fully saturated rings. The largest absolute Gasteiger partial charge is 0.481 e. The van der Waals surface area contributed by atoms with Gasteiger partial charge < -0.3 is 14.6 Å². The number of hydrogen-bond acceptors (Lipinski definition) is 4. The van der Waals surface area contributed by atoms with E-state index in [2.05, 4.69) is 20.8 Å². The number of carboxylic acid groups (broad SMARTS) is 1. The number of ether oxygens (including phenoxy) is 2. The predicted molar refractivity (Wildman–Crippen MR) is 107 cm³/mol. The van der Waals surface area contributed by atoms with Crippen LogP contribution in [0.2, 0.25) is 0 Å². The zero-order valence-corrected chi connectivity index (χ0v) is 18.1. The zero-order chi connectivity index (χ0) is 20.6. The molecule has 0 amide bonds. The van der Waals surface area contributed by atoms with Crippen LogP contribution in [0.15, 0.2) is 0 Å². The summed E-state index contributed by atoms with van der Waals surface area (Å²) in [6.07, 6.45) is 9.04. The summed E-state index contributed by atoms with van der Waals surface area (Å²) in [5.74, 6) is 1.39. The number of rotatable bonds is 4. The van der Waals surface area contributed by atoms with Crippen LogP contribution in [0.3, 0.4) is 0 Å². The predicted octanol–water partition coefficient (Wildman–Crippen LogP) is 4.43. The minimum atomic E-state index is -0.699. The van der Waals surface area contributed by atoms with E-state index in [1.807, 2.05) is 0 Å². The van der Waals surface area contributed by atoms with E-state index in [4.69, 9.17) is 14.6 Å². The van der Waals surface area contributed by atoms with Crippen LogP contribution in [0.25, 0.3) is 0 Å². The molecule has 162 valence electrons. The molecule has 5 heteroatoms. The second-order valence-electron chi connectivity index (χ2n) is 11.3. The Kier molecular flexibility index (Phi) is 4.58. The molecule has 0 unspecified atom stereocenters. The Bertz CT molecular complexity index is 705. The van der Waals surface area contributed by atoms with E-state index >= 15 is 0 Å². The van der Waals surface area contributed by atoms with Crippen LogP contribution in [-0.2, 0) is 19.1 Å². The fourth-order valence-corrected chi connectivity index (χ4v) is 8.42. The molecule has 5 rings (SSSR count). The third-order valence-corrected chi connectivity index (χ3v) is 10.1. The van der Waals surface area contributed by atoms with Crippen molar-refractivity contribution in [1.29, 1.82) is 0 Å². The molecule has 29 heavy (non-hydrogen) atoms. The minimum absolute atomic E-state index is 0.0171. The van der Waals surface area contributed by atoms with Gasteiger partial charge in [0.1, 0.15) is 6.10 Å². The normalized spacial score (nSPS) is 51.6. The molecule has 10 atom stereocenters. The molecular weight excluding hydrogens is 368 g/mol. The lowest BCUT2D eigenvalue weighted by Crippen LogP contribution is -2.53. The molecule has 0 aromatic heterocycles. The number of esters is 1. The Labute approximate surface area is 173 Å². The first-order valence-electron chi connectivity index (χ1n) is 11.8. The minimum Gasteiger partial charge on any atom is -0.481 e. The van der Waals surface area contributed by atoms with E-state index < -0.39 is 5.97 Å². The summed E-state index contributed by atoms with van der Waals surface area (Å²) >= 11 is 0. The van der Waals surface area contributed by atoms with E-state index in [9.17, 15) is 9.59 Å². The van der Waals surface area contributed by atoms with Gasteiger partial charge in [0.2, 0.25) is 0 Å². The monoisotopic (exact) mass is 404 g/mol. The molecule has 0 radical (unpaired) electrons. The van der Waals surface area contributed by atoms with Gasteiger partial charge >= 0.3 is 11.9 Å². The Hall–Kier alpha value is -1.10. The van der Waals surface area contributed by atoms with Crippen LogP contribution in [0.5, 0.6) is 0 Å². The van der Waals surface area contributed by atoms with E-state index in [0.717, 1.165) is 38.5 Å². The Balaban J connectivity index is 1.41. The maximum atomic E-state index is 12.8. The van der Waals surface area contributed by atoms with Crippen LogP contribution in [-0.4, -0.2) is 35.4 Å². The standard InChI is InChI=1S/C24H36O5/c1-13(4-7-19(25)26)14-5-6-15-21-16(8-10-23(14,15)2)24(3)11-9-18-22(28-18)17(24)12-20(27)29-21/h13-18,21-22H,4-12H2,1-3H3,(H,25,26)/t13-,14-,15+,16+,17-,18+,21+,22-,23-,24-/m1/s1. The Morgan fingerprint density at radius 2 is 1.79 bits per heavy atom. The summed E-state index contributed by atoms with van der Waals surface area (Å²) in [6.45, 7) is 7.05. The SMILES string of the molecule is C[C@H](CCC(=O)O)[C@H]1CC[C@H]2[C@@H]3OC(=O)C[C@@H]4[C@H]5O[C@H]5CC[C@]4(C)[C@H]3CC[C@]12C. The lowest BCUT2D eigenvalue weighted by molar-refractivity contribution is -0.165. The molecule has 1 N–H and O–H groups in total. The number of carboxylic acids is 1. The summed E-state index contributed by atoms with van der Waals surface area (Å²) in [4.78, 5) is 23.9. The fraction of sp³-hybridized carbons (Fsp3) is 0.917. The van der Waals surface area contributed by atoms with Crippen molar-refractivity contribution in [3.8, 4) is 0 Å². The topological polar surface area (TPSA) is 76.1 Å². The fourth-order valence-electron chi connectivity index (χ4n) is 8.42. The third-order valence-electron chi connectivity index (χ3n) is 10.1. The summed E-state index contributed by atoms with van der Waals surface area (Å²) in [7, 11) is 0. The van der Waals surface area contributed by atoms with Gasteiger partial charge in [0.15, 0.2) is 0 Å². The maximum Gasteiger partial charge on any atom is 0.306 e. The number of epoxide rings is 1. The van der Waals surface area contributed by atoms with Crippen LogP contribution in [0, 0.1) is 40.4 Å². The van der Waals surface area contributed by atoms with Gasteiger partial charge in [-0.1, -0.05) is 20.8 Å². The molecular formula is C24H36O5. The van der Waals surface area contributed by atoms with Gasteiger partial charge in [0.25, 0.3) is 0 Å².